The van der Waals surface area contributed by atoms with Gasteiger partial charge in [0.1, 0.15) is 0 Å². The molecule has 4 N–H and O–H groups in total. The van der Waals surface area contributed by atoms with Gasteiger partial charge in [-0.05, 0) is 60.2 Å². The molecule has 1 amide bonds. The Morgan fingerprint density at radius 3 is 2.17 bits per heavy atom. The van der Waals surface area contributed by atoms with Crippen LogP contribution >= 0.6 is 0 Å². The summed E-state index contributed by atoms with van der Waals surface area (Å²) in [5.74, 6) is -0.229. The van der Waals surface area contributed by atoms with E-state index in [1.807, 2.05) is 30.3 Å². The fourth-order valence-electron chi connectivity index (χ4n) is 4.11. The van der Waals surface area contributed by atoms with Gasteiger partial charge < -0.3 is 16.4 Å². The lowest BCUT2D eigenvalue weighted by Crippen LogP contribution is -2.26. The molecule has 0 saturated heterocycles. The van der Waals surface area contributed by atoms with E-state index < -0.39 is 10.0 Å². The Balaban J connectivity index is 1.51. The van der Waals surface area contributed by atoms with Crippen molar-refractivity contribution in [3.63, 3.8) is 0 Å². The van der Waals surface area contributed by atoms with Crippen molar-refractivity contribution in [3.8, 4) is 0 Å². The lowest BCUT2D eigenvalue weighted by molar-refractivity contribution is -0.110. The minimum atomic E-state index is -3.69. The summed E-state index contributed by atoms with van der Waals surface area (Å²) < 4.78 is 27.2. The van der Waals surface area contributed by atoms with E-state index in [0.717, 1.165) is 11.1 Å². The monoisotopic (exact) mass is 496 g/mol. The minimum absolute atomic E-state index is 0.219. The number of hydrogen-bond donors (Lipinski definition) is 3. The molecule has 1 aliphatic heterocycles. The molecule has 180 valence electrons. The number of nitrogens with zero attached hydrogens (tertiary/aromatic N) is 1. The van der Waals surface area contributed by atoms with Crippen LogP contribution in [-0.2, 0) is 14.8 Å². The van der Waals surface area contributed by atoms with Crippen LogP contribution in [0.2, 0.25) is 0 Å². The molecular formula is C28H24N4O3S. The maximum absolute atomic E-state index is 13.0. The zero-order valence-corrected chi connectivity index (χ0v) is 20.3. The van der Waals surface area contributed by atoms with Crippen LogP contribution in [0, 0.1) is 0 Å². The van der Waals surface area contributed by atoms with Crippen LogP contribution < -0.4 is 20.7 Å². The third kappa shape index (κ3) is 4.30. The average molecular weight is 497 g/mol. The summed E-state index contributed by atoms with van der Waals surface area (Å²) >= 11 is 0. The third-order valence-electron chi connectivity index (χ3n) is 6.00. The molecule has 0 radical (unpaired) electrons. The Morgan fingerprint density at radius 2 is 1.50 bits per heavy atom. The van der Waals surface area contributed by atoms with Crippen LogP contribution in [0.3, 0.4) is 0 Å². The van der Waals surface area contributed by atoms with E-state index in [9.17, 15) is 13.2 Å². The Bertz CT molecular complexity index is 1570. The van der Waals surface area contributed by atoms with Gasteiger partial charge in [0.2, 0.25) is 0 Å². The molecule has 0 fully saturated rings. The van der Waals surface area contributed by atoms with Gasteiger partial charge in [-0.2, -0.15) is 0 Å². The second-order valence-corrected chi connectivity index (χ2v) is 10.3. The highest BCUT2D eigenvalue weighted by atomic mass is 32.2. The van der Waals surface area contributed by atoms with Gasteiger partial charge in [-0.25, -0.2) is 8.42 Å². The Kier molecular flexibility index (Phi) is 5.95. The number of carbonyl (C=O) groups excluding carboxylic acids is 1. The molecule has 0 saturated carbocycles. The minimum Gasteiger partial charge on any atom is -0.399 e. The summed E-state index contributed by atoms with van der Waals surface area (Å²) in [6.07, 6.45) is 0. The summed E-state index contributed by atoms with van der Waals surface area (Å²) in [7, 11) is -2.17. The third-order valence-corrected chi connectivity index (χ3v) is 7.80. The van der Waals surface area contributed by atoms with Crippen molar-refractivity contribution >= 4 is 50.0 Å². The van der Waals surface area contributed by atoms with Gasteiger partial charge in [-0.1, -0.05) is 48.5 Å². The fourth-order valence-corrected chi connectivity index (χ4v) is 5.32. The first-order valence-electron chi connectivity index (χ1n) is 11.3. The molecule has 7 nitrogen and oxygen atoms in total. The molecule has 0 spiro atoms. The number of nitrogens with one attached hydrogen (secondary N) is 2. The van der Waals surface area contributed by atoms with Crippen molar-refractivity contribution in [1.29, 1.82) is 0 Å². The number of nitrogens with two attached hydrogens (primary N) is 1. The molecule has 8 heteroatoms. The van der Waals surface area contributed by atoms with Crippen LogP contribution in [0.1, 0.15) is 11.1 Å². The van der Waals surface area contributed by atoms with Crippen molar-refractivity contribution in [2.24, 2.45) is 0 Å². The Labute approximate surface area is 209 Å². The predicted octanol–water partition coefficient (Wildman–Crippen LogP) is 5.03. The number of benzene rings is 4. The maximum Gasteiger partial charge on any atom is 0.264 e. The molecule has 0 aromatic heterocycles. The molecule has 36 heavy (non-hydrogen) atoms. The van der Waals surface area contributed by atoms with Gasteiger partial charge in [0.25, 0.3) is 15.9 Å². The quantitative estimate of drug-likeness (QED) is 0.257. The molecule has 4 aromatic rings. The highest BCUT2D eigenvalue weighted by Crippen LogP contribution is 2.38. The van der Waals surface area contributed by atoms with Gasteiger partial charge in [-0.15, -0.1) is 0 Å². The normalized spacial score (nSPS) is 14.1. The van der Waals surface area contributed by atoms with E-state index >= 15 is 0 Å². The van der Waals surface area contributed by atoms with Gasteiger partial charge in [0.05, 0.1) is 21.9 Å². The van der Waals surface area contributed by atoms with Crippen molar-refractivity contribution < 1.29 is 13.2 Å². The molecule has 0 bridgehead atoms. The average Bonchev–Trinajstić information content (AvgIpc) is 3.22. The SMILES string of the molecule is CN(c1ccc(NC(=C2C(=O)Nc3ccc(N)cc32)c2ccccc2)cc1)S(=O)(=O)c1ccccc1. The maximum atomic E-state index is 13.0. The molecule has 4 aromatic carbocycles. The van der Waals surface area contributed by atoms with Crippen LogP contribution in [0.25, 0.3) is 11.3 Å². The molecule has 0 atom stereocenters. The second-order valence-electron chi connectivity index (χ2n) is 8.33. The first-order chi connectivity index (χ1) is 17.3. The number of anilines is 4. The number of fused-ring (bicyclic) bond motifs is 1. The fraction of sp³-hybridized carbons (Fsp3) is 0.0357. The van der Waals surface area contributed by atoms with Crippen LogP contribution in [0.15, 0.2) is 108 Å². The zero-order valence-electron chi connectivity index (χ0n) is 19.5. The smallest absolute Gasteiger partial charge is 0.264 e. The Hall–Kier alpha value is -4.56. The standard InChI is InChI=1S/C28H24N4O3S/c1-32(36(34,35)23-10-6-3-7-11-23)22-15-13-21(14-16-22)30-27(19-8-4-2-5-9-19)26-24-18-20(29)12-17-25(24)31-28(26)33/h2-18,30H,29H2,1H3,(H,31,33). The van der Waals surface area contributed by atoms with Crippen LogP contribution in [0.4, 0.5) is 22.7 Å². The second kappa shape index (κ2) is 9.24. The van der Waals surface area contributed by atoms with Crippen molar-refractivity contribution in [2.75, 3.05) is 27.7 Å². The number of amides is 1. The van der Waals surface area contributed by atoms with Crippen molar-refractivity contribution in [2.45, 2.75) is 4.90 Å². The van der Waals surface area contributed by atoms with Gasteiger partial charge in [-0.3, -0.25) is 9.10 Å². The van der Waals surface area contributed by atoms with Gasteiger partial charge in [0.15, 0.2) is 0 Å². The highest BCUT2D eigenvalue weighted by Gasteiger charge is 2.28. The van der Waals surface area contributed by atoms with E-state index in [1.165, 1.54) is 11.4 Å². The lowest BCUT2D eigenvalue weighted by atomic mass is 9.99. The van der Waals surface area contributed by atoms with Crippen LogP contribution in [-0.4, -0.2) is 21.4 Å². The van der Waals surface area contributed by atoms with E-state index in [4.69, 9.17) is 5.73 Å². The summed E-state index contributed by atoms with van der Waals surface area (Å²) in [6, 6.07) is 30.1. The number of nitrogen functional groups attached to an aromatic ring is 1. The van der Waals surface area contributed by atoms with Crippen molar-refractivity contribution in [1.82, 2.24) is 0 Å². The number of sulfonamides is 1. The summed E-state index contributed by atoms with van der Waals surface area (Å²) in [6.45, 7) is 0. The van der Waals surface area contributed by atoms with E-state index in [2.05, 4.69) is 10.6 Å². The highest BCUT2D eigenvalue weighted by molar-refractivity contribution is 7.92. The number of rotatable bonds is 6. The Morgan fingerprint density at radius 1 is 0.861 bits per heavy atom. The first-order valence-corrected chi connectivity index (χ1v) is 12.7. The molecular weight excluding hydrogens is 472 g/mol. The van der Waals surface area contributed by atoms with Crippen molar-refractivity contribution in [3.05, 3.63) is 114 Å². The topological polar surface area (TPSA) is 105 Å². The van der Waals surface area contributed by atoms with E-state index in [-0.39, 0.29) is 10.8 Å². The largest absolute Gasteiger partial charge is 0.399 e. The van der Waals surface area contributed by atoms with Crippen LogP contribution in [0.5, 0.6) is 0 Å². The van der Waals surface area contributed by atoms with E-state index in [1.54, 1.807) is 72.8 Å². The molecule has 1 heterocycles. The number of hydrogen-bond acceptors (Lipinski definition) is 5. The van der Waals surface area contributed by atoms with Gasteiger partial charge >= 0.3 is 0 Å². The summed E-state index contributed by atoms with van der Waals surface area (Å²) in [5, 5.41) is 6.28. The molecule has 0 aliphatic carbocycles. The summed E-state index contributed by atoms with van der Waals surface area (Å²) in [5.41, 5.74) is 11.1. The number of carbonyl (C=O) groups is 1. The van der Waals surface area contributed by atoms with E-state index in [0.29, 0.717) is 34.0 Å². The molecule has 5 rings (SSSR count). The zero-order chi connectivity index (χ0) is 25.3. The lowest BCUT2D eigenvalue weighted by Gasteiger charge is -2.20. The molecule has 0 unspecified atom stereocenters. The predicted molar refractivity (Wildman–Crippen MR) is 145 cm³/mol. The first kappa shape index (κ1) is 23.2. The summed E-state index contributed by atoms with van der Waals surface area (Å²) in [4.78, 5) is 13.2. The van der Waals surface area contributed by atoms with Gasteiger partial charge in [0, 0.05) is 29.7 Å². The molecule has 1 aliphatic rings.